The maximum atomic E-state index is 10.5. The average Bonchev–Trinajstić information content (AvgIpc) is 2.41. The van der Waals surface area contributed by atoms with Gasteiger partial charge in [-0.05, 0) is 24.1 Å². The molecule has 0 amide bonds. The van der Waals surface area contributed by atoms with Gasteiger partial charge in [0.2, 0.25) is 0 Å². The number of aliphatic carboxylic acids is 1. The van der Waals surface area contributed by atoms with Gasteiger partial charge in [-0.25, -0.2) is 4.79 Å². The van der Waals surface area contributed by atoms with E-state index in [4.69, 9.17) is 5.11 Å². The van der Waals surface area contributed by atoms with Crippen molar-refractivity contribution >= 4 is 12.0 Å². The van der Waals surface area contributed by atoms with Gasteiger partial charge < -0.3 is 5.11 Å². The Hall–Kier alpha value is -2.01. The van der Waals surface area contributed by atoms with Gasteiger partial charge in [-0.15, -0.1) is 0 Å². The van der Waals surface area contributed by atoms with Crippen molar-refractivity contribution in [1.29, 1.82) is 0 Å². The lowest BCUT2D eigenvalue weighted by Crippen LogP contribution is -1.87. The van der Waals surface area contributed by atoms with Crippen LogP contribution in [0, 0.1) is 11.8 Å². The highest BCUT2D eigenvalue weighted by atomic mass is 16.4. The zero-order valence-corrected chi connectivity index (χ0v) is 11.4. The van der Waals surface area contributed by atoms with E-state index in [-0.39, 0.29) is 0 Å². The Morgan fingerprint density at radius 1 is 1.26 bits per heavy atom. The molecule has 0 heterocycles. The van der Waals surface area contributed by atoms with Crippen LogP contribution in [0.25, 0.3) is 6.08 Å². The van der Waals surface area contributed by atoms with Crippen LogP contribution in [0.3, 0.4) is 0 Å². The number of unbranched alkanes of at least 4 members (excludes halogenated alkanes) is 4. The van der Waals surface area contributed by atoms with E-state index < -0.39 is 5.97 Å². The molecule has 0 unspecified atom stereocenters. The summed E-state index contributed by atoms with van der Waals surface area (Å²) in [6.07, 6.45) is 8.48. The van der Waals surface area contributed by atoms with Crippen molar-refractivity contribution in [2.75, 3.05) is 0 Å². The first kappa shape index (κ1) is 15.0. The molecule has 0 atom stereocenters. The van der Waals surface area contributed by atoms with Crippen molar-refractivity contribution in [3.8, 4) is 11.8 Å². The van der Waals surface area contributed by atoms with Gasteiger partial charge in [-0.3, -0.25) is 0 Å². The summed E-state index contributed by atoms with van der Waals surface area (Å²) < 4.78 is 0. The highest BCUT2D eigenvalue weighted by Gasteiger charge is 1.95. The van der Waals surface area contributed by atoms with E-state index in [1.54, 1.807) is 6.08 Å². The minimum Gasteiger partial charge on any atom is -0.478 e. The molecule has 2 heteroatoms. The summed E-state index contributed by atoms with van der Waals surface area (Å²) in [7, 11) is 0. The van der Waals surface area contributed by atoms with Crippen LogP contribution in [-0.2, 0) is 4.79 Å². The maximum Gasteiger partial charge on any atom is 0.328 e. The molecule has 1 aromatic rings. The van der Waals surface area contributed by atoms with Gasteiger partial charge in [0.05, 0.1) is 0 Å². The van der Waals surface area contributed by atoms with Crippen molar-refractivity contribution < 1.29 is 9.90 Å². The van der Waals surface area contributed by atoms with Gasteiger partial charge in [0, 0.05) is 18.1 Å². The summed E-state index contributed by atoms with van der Waals surface area (Å²) in [5.74, 6) is 5.33. The van der Waals surface area contributed by atoms with Crippen LogP contribution in [0.4, 0.5) is 0 Å². The molecule has 0 bridgehead atoms. The molecule has 0 fully saturated rings. The lowest BCUT2D eigenvalue weighted by molar-refractivity contribution is -0.131. The first-order valence-electron chi connectivity index (χ1n) is 6.73. The molecule has 0 aromatic heterocycles. The van der Waals surface area contributed by atoms with E-state index in [1.165, 1.54) is 19.3 Å². The normalized spacial score (nSPS) is 10.2. The maximum absolute atomic E-state index is 10.5. The smallest absolute Gasteiger partial charge is 0.328 e. The summed E-state index contributed by atoms with van der Waals surface area (Å²) in [5, 5.41) is 8.64. The topological polar surface area (TPSA) is 37.3 Å². The zero-order valence-electron chi connectivity index (χ0n) is 11.4. The van der Waals surface area contributed by atoms with Gasteiger partial charge in [-0.2, -0.15) is 0 Å². The van der Waals surface area contributed by atoms with Crippen LogP contribution in [0.5, 0.6) is 0 Å². The molecular formula is C17H20O2. The van der Waals surface area contributed by atoms with E-state index >= 15 is 0 Å². The quantitative estimate of drug-likeness (QED) is 0.472. The van der Waals surface area contributed by atoms with E-state index in [0.29, 0.717) is 0 Å². The van der Waals surface area contributed by atoms with Crippen LogP contribution < -0.4 is 0 Å². The Morgan fingerprint density at radius 3 is 2.79 bits per heavy atom. The summed E-state index contributed by atoms with van der Waals surface area (Å²) >= 11 is 0. The molecule has 0 aliphatic heterocycles. The highest BCUT2D eigenvalue weighted by Crippen LogP contribution is 2.09. The molecule has 0 saturated heterocycles. The fourth-order valence-corrected chi connectivity index (χ4v) is 1.72. The number of carboxylic acids is 1. The van der Waals surface area contributed by atoms with Crippen LogP contribution in [-0.4, -0.2) is 11.1 Å². The number of hydrogen-bond acceptors (Lipinski definition) is 1. The van der Waals surface area contributed by atoms with E-state index in [0.717, 1.165) is 30.0 Å². The second-order valence-corrected chi connectivity index (χ2v) is 4.37. The average molecular weight is 256 g/mol. The summed E-state index contributed by atoms with van der Waals surface area (Å²) in [4.78, 5) is 10.5. The Bertz CT molecular complexity index is 489. The third-order valence-electron chi connectivity index (χ3n) is 2.74. The monoisotopic (exact) mass is 256 g/mol. The first-order valence-corrected chi connectivity index (χ1v) is 6.73. The Labute approximate surface area is 115 Å². The molecule has 1 aromatic carbocycles. The molecule has 1 N–H and O–H groups in total. The minimum absolute atomic E-state index is 0.853. The lowest BCUT2D eigenvalue weighted by atomic mass is 10.1. The van der Waals surface area contributed by atoms with Crippen molar-refractivity contribution in [3.05, 3.63) is 41.5 Å². The van der Waals surface area contributed by atoms with Crippen molar-refractivity contribution in [1.82, 2.24) is 0 Å². The number of benzene rings is 1. The second-order valence-electron chi connectivity index (χ2n) is 4.37. The number of hydrogen-bond donors (Lipinski definition) is 1. The van der Waals surface area contributed by atoms with Gasteiger partial charge in [0.15, 0.2) is 0 Å². The molecular weight excluding hydrogens is 236 g/mol. The standard InChI is InChI=1S/C17H20O2/c1-2-3-4-5-6-7-10-15-11-8-9-12-16(15)13-14-17(18)19/h8-9,11-14H,2-6H2,1H3,(H,18,19)/b14-13+. The summed E-state index contributed by atoms with van der Waals surface area (Å²) in [6, 6.07) is 7.59. The minimum atomic E-state index is -0.942. The molecule has 0 aliphatic carbocycles. The van der Waals surface area contributed by atoms with Gasteiger partial charge in [0.1, 0.15) is 0 Å². The van der Waals surface area contributed by atoms with Crippen LogP contribution >= 0.6 is 0 Å². The number of carbonyl (C=O) groups is 1. The van der Waals surface area contributed by atoms with E-state index in [1.807, 2.05) is 24.3 Å². The van der Waals surface area contributed by atoms with Crippen LogP contribution in [0.15, 0.2) is 30.3 Å². The third kappa shape index (κ3) is 6.47. The Balaban J connectivity index is 2.62. The fourth-order valence-electron chi connectivity index (χ4n) is 1.72. The van der Waals surface area contributed by atoms with Crippen molar-refractivity contribution in [2.24, 2.45) is 0 Å². The van der Waals surface area contributed by atoms with E-state index in [9.17, 15) is 4.79 Å². The van der Waals surface area contributed by atoms with Gasteiger partial charge >= 0.3 is 5.97 Å². The molecule has 100 valence electrons. The summed E-state index contributed by atoms with van der Waals surface area (Å²) in [5.41, 5.74) is 1.74. The Morgan fingerprint density at radius 2 is 2.05 bits per heavy atom. The van der Waals surface area contributed by atoms with Gasteiger partial charge in [-0.1, -0.05) is 56.2 Å². The predicted octanol–water partition coefficient (Wildman–Crippen LogP) is 4.11. The Kier molecular flexibility index (Phi) is 7.12. The molecule has 1 rings (SSSR count). The lowest BCUT2D eigenvalue weighted by Gasteiger charge is -1.97. The SMILES string of the molecule is CCCCCCC#Cc1ccccc1/C=C/C(=O)O. The fraction of sp³-hybridized carbons (Fsp3) is 0.353. The van der Waals surface area contributed by atoms with Crippen LogP contribution in [0.2, 0.25) is 0 Å². The number of rotatable bonds is 6. The van der Waals surface area contributed by atoms with E-state index in [2.05, 4.69) is 18.8 Å². The molecule has 0 aliphatic rings. The molecule has 0 radical (unpaired) electrons. The predicted molar refractivity (Wildman–Crippen MR) is 78.7 cm³/mol. The van der Waals surface area contributed by atoms with Crippen molar-refractivity contribution in [2.45, 2.75) is 39.0 Å². The molecule has 19 heavy (non-hydrogen) atoms. The third-order valence-corrected chi connectivity index (χ3v) is 2.74. The first-order chi connectivity index (χ1) is 9.24. The number of carboxylic acid groups (broad SMARTS) is 1. The largest absolute Gasteiger partial charge is 0.478 e. The van der Waals surface area contributed by atoms with Crippen LogP contribution in [0.1, 0.15) is 50.2 Å². The second kappa shape index (κ2) is 8.99. The zero-order chi connectivity index (χ0) is 13.9. The van der Waals surface area contributed by atoms with Crippen molar-refractivity contribution in [3.63, 3.8) is 0 Å². The van der Waals surface area contributed by atoms with Gasteiger partial charge in [0.25, 0.3) is 0 Å². The molecule has 2 nitrogen and oxygen atoms in total. The molecule has 0 saturated carbocycles. The summed E-state index contributed by atoms with van der Waals surface area (Å²) in [6.45, 7) is 2.19. The molecule has 0 spiro atoms. The highest BCUT2D eigenvalue weighted by molar-refractivity contribution is 5.85.